The zero-order chi connectivity index (χ0) is 104. The molecule has 18 atom stereocenters. The third-order valence-corrected chi connectivity index (χ3v) is 30.9. The van der Waals surface area contributed by atoms with Crippen molar-refractivity contribution in [1.29, 1.82) is 0 Å². The normalized spacial score (nSPS) is 24.7. The average molecular weight is 1960 g/mol. The van der Waals surface area contributed by atoms with E-state index in [1.54, 1.807) is 20.8 Å². The number of likely N-dealkylation sites (tertiary alicyclic amines) is 3. The number of nitrogens with zero attached hydrogens (tertiary/aromatic N) is 3. The molecular weight excluding hydrogens is 1790 g/mol. The molecule has 15 amide bonds. The molecule has 778 valence electrons. The molecule has 0 spiro atoms. The summed E-state index contributed by atoms with van der Waals surface area (Å²) in [6.07, 6.45) is 15.0. The summed E-state index contributed by atoms with van der Waals surface area (Å²) < 4.78 is 39.6. The van der Waals surface area contributed by atoms with Crippen LogP contribution in [0.1, 0.15) is 286 Å². The highest BCUT2D eigenvalue weighted by molar-refractivity contribution is 6.39. The van der Waals surface area contributed by atoms with E-state index in [1.807, 2.05) is 83.1 Å². The van der Waals surface area contributed by atoms with Gasteiger partial charge in [-0.3, -0.25) is 71.9 Å². The van der Waals surface area contributed by atoms with Crippen molar-refractivity contribution >= 4 is 106 Å². The number of piperidine rings is 3. The first-order chi connectivity index (χ1) is 64.8. The van der Waals surface area contributed by atoms with Crippen LogP contribution in [0.15, 0.2) is 38.0 Å². The Morgan fingerprint density at radius 2 is 0.655 bits per heavy atom. The molecule has 0 aromatic carbocycles. The molecule has 10 rings (SSSR count). The number of rotatable bonds is 41. The standard InChI is InChI=1S/C35H52F3N5O6.C35H57N5O6.C33H53N5O6/c1-7-17-39-30(47)27(45)22(15-16-35(36,37)38)40-29(46)25-23-21(34(23,5)6)18-43(25)31(48)28(33(2,3)4)42-32(49)41-24(26(44)20-13-14-20)19-11-9-8-10-12-19;1-10-15-23(28(42)31(44)36-18-11-2)37-30(43)26-24-22(35(24,8)9)19-40(26)32(45)29(34(5,6)7)39-33(46)38-25(27(41)20(3)4)21-16-13-12-14-17-21;1-9-14-22(26(40)29(42)34-17-10-2)35-28(41)25-23-21(33(23,7)8)18-38(25)30(43)27(32(4,5)6)37-31(44)36-24(19(3)39)20-15-12-11-13-16-20/h7,19-25,28H,1,8-18H2,2-6H3,(H,39,47)(H,40,46)(H2,41,42,49);11,20-26,29H,2,10,12-19H2,1,3-9H3,(H,36,44)(H,37,43)(H2,38,39,46);10,20-25,27H,2,9,11-18H2,1,3-8H3,(H,34,42)(H,35,41)(H2,36,37,44)/t21-,22?,23-,24-,25-,28+;22-,23?,24-,25-,26-,29+;21-,22?,23-,24+,25-,27+/m000/s1. The second kappa shape index (κ2) is 47.8. The molecule has 0 aromatic heterocycles. The van der Waals surface area contributed by atoms with E-state index in [9.17, 15) is 99.5 Å². The molecule has 3 heterocycles. The highest BCUT2D eigenvalue weighted by Gasteiger charge is 2.73. The van der Waals surface area contributed by atoms with Gasteiger partial charge in [-0.1, -0.05) is 220 Å². The number of hydrogen-bond acceptors (Lipinski definition) is 18. The number of amides is 15. The summed E-state index contributed by atoms with van der Waals surface area (Å²) in [5.41, 5.74) is -3.00. The lowest BCUT2D eigenvalue weighted by Gasteiger charge is -2.38. The minimum Gasteiger partial charge on any atom is -0.346 e. The molecule has 10 aliphatic rings. The van der Waals surface area contributed by atoms with E-state index in [1.165, 1.54) is 39.9 Å². The molecule has 36 heteroatoms. The molecule has 12 N–H and O–H groups in total. The number of alkyl halides is 3. The zero-order valence-corrected chi connectivity index (χ0v) is 86.0. The van der Waals surface area contributed by atoms with Gasteiger partial charge in [-0.25, -0.2) is 14.4 Å². The number of Topliss-reactive ketones (excluding diaryl/α,β-unsaturated/α-hetero) is 6. The fourth-order valence-electron chi connectivity index (χ4n) is 22.3. The van der Waals surface area contributed by atoms with Gasteiger partial charge in [-0.2, -0.15) is 13.2 Å². The van der Waals surface area contributed by atoms with Crippen LogP contribution in [-0.2, 0) is 71.9 Å². The van der Waals surface area contributed by atoms with Gasteiger partial charge in [0.05, 0.1) is 36.3 Å². The maximum absolute atomic E-state index is 14.3. The second-order valence-corrected chi connectivity index (χ2v) is 45.9. The van der Waals surface area contributed by atoms with Gasteiger partial charge in [-0.05, 0) is 163 Å². The van der Waals surface area contributed by atoms with Crippen molar-refractivity contribution in [2.75, 3.05) is 39.3 Å². The number of carbonyl (C=O) groups is 18. The van der Waals surface area contributed by atoms with Gasteiger partial charge in [-0.15, -0.1) is 19.7 Å². The number of ketones is 6. The number of carbonyl (C=O) groups excluding carboxylic acids is 18. The smallest absolute Gasteiger partial charge is 0.346 e. The van der Waals surface area contributed by atoms with Crippen LogP contribution >= 0.6 is 0 Å². The van der Waals surface area contributed by atoms with Gasteiger partial charge in [0.1, 0.15) is 36.3 Å². The van der Waals surface area contributed by atoms with E-state index in [0.29, 0.717) is 25.9 Å². The van der Waals surface area contributed by atoms with Gasteiger partial charge in [0, 0.05) is 57.5 Å². The monoisotopic (exact) mass is 1950 g/mol. The summed E-state index contributed by atoms with van der Waals surface area (Å²) >= 11 is 0. The summed E-state index contributed by atoms with van der Waals surface area (Å²) in [4.78, 5) is 244. The van der Waals surface area contributed by atoms with Crippen molar-refractivity contribution in [3.8, 4) is 0 Å². The van der Waals surface area contributed by atoms with E-state index >= 15 is 0 Å². The van der Waals surface area contributed by atoms with Crippen LogP contribution in [0.2, 0.25) is 0 Å². The van der Waals surface area contributed by atoms with Crippen LogP contribution in [0.4, 0.5) is 27.6 Å². The molecule has 7 saturated carbocycles. The van der Waals surface area contributed by atoms with Crippen molar-refractivity contribution in [3.05, 3.63) is 38.0 Å². The minimum absolute atomic E-state index is 0.0178. The maximum atomic E-state index is 14.3. The van der Waals surface area contributed by atoms with Gasteiger partial charge >= 0.3 is 24.3 Å². The first-order valence-electron chi connectivity index (χ1n) is 50.8. The Labute approximate surface area is 819 Å². The fourth-order valence-corrected chi connectivity index (χ4v) is 22.3. The Kier molecular flexibility index (Phi) is 39.3. The van der Waals surface area contributed by atoms with E-state index in [0.717, 1.165) is 109 Å². The van der Waals surface area contributed by atoms with Crippen molar-refractivity contribution in [2.24, 2.45) is 97.6 Å². The lowest BCUT2D eigenvalue weighted by Crippen LogP contribution is -2.62. The number of hydrogen-bond donors (Lipinski definition) is 12. The summed E-state index contributed by atoms with van der Waals surface area (Å²) in [6, 6.07) is -13.5. The Bertz CT molecular complexity index is 4520. The Morgan fingerprint density at radius 1 is 0.381 bits per heavy atom. The zero-order valence-electron chi connectivity index (χ0n) is 86.0. The summed E-state index contributed by atoms with van der Waals surface area (Å²) in [6.45, 7) is 48.8. The highest BCUT2D eigenvalue weighted by atomic mass is 19.4. The van der Waals surface area contributed by atoms with Crippen molar-refractivity contribution in [1.82, 2.24) is 78.5 Å². The lowest BCUT2D eigenvalue weighted by molar-refractivity contribution is -0.148. The highest BCUT2D eigenvalue weighted by Crippen LogP contribution is 2.67. The van der Waals surface area contributed by atoms with Crippen molar-refractivity contribution in [2.45, 2.75) is 365 Å². The van der Waals surface area contributed by atoms with Gasteiger partial charge in [0.15, 0.2) is 17.3 Å². The van der Waals surface area contributed by atoms with E-state index in [4.69, 9.17) is 0 Å². The van der Waals surface area contributed by atoms with Crippen LogP contribution in [0.25, 0.3) is 0 Å². The fraction of sp³-hybridized carbons (Fsp3) is 0.767. The average Bonchev–Trinajstić information content (AvgIpc) is 1.53. The molecule has 10 fully saturated rings. The number of fused-ring (bicyclic) bond motifs is 3. The molecule has 139 heavy (non-hydrogen) atoms. The largest absolute Gasteiger partial charge is 0.389 e. The predicted molar refractivity (Wildman–Crippen MR) is 518 cm³/mol. The molecule has 3 saturated heterocycles. The molecule has 0 radical (unpaired) electrons. The quantitative estimate of drug-likeness (QED) is 0.0200. The molecule has 0 aromatic rings. The van der Waals surface area contributed by atoms with Crippen LogP contribution in [0, 0.1) is 97.6 Å². The SMILES string of the molecule is C=CCNC(=O)C(=O)C(CCC(F)(F)F)NC(=O)[C@@H]1[C@@H]2[C@H](CN1C(=O)[C@@H](NC(=O)N[C@H](C(=O)C1CC1)C1CCCCC1)C(C)(C)C)C2(C)C.C=CCNC(=O)C(=O)C(CCC)NC(=O)[C@@H]1[C@@H]2[C@H](CN1C(=O)[C@@H](NC(=O)N[C@H](C(=O)C(C)C)C1CCCCC1)C(C)(C)C)C2(C)C.C=CCNC(=O)C(=O)C(CCC)NC(=O)[C@@H]1[C@@H]2[C@H](CN1C(=O)[C@@H](NC(=O)N[C@H](C(C)=O)C1CCCCC1)C(C)(C)C)C2(C)C. The third-order valence-electron chi connectivity index (χ3n) is 30.9. The van der Waals surface area contributed by atoms with Gasteiger partial charge in [0.2, 0.25) is 52.8 Å². The number of nitrogens with one attached hydrogen (secondary N) is 12. The van der Waals surface area contributed by atoms with Crippen LogP contribution in [0.5, 0.6) is 0 Å². The lowest BCUT2D eigenvalue weighted by atomic mass is 9.80. The number of urea groups is 3. The Balaban J connectivity index is 0.000000256. The topological polar surface area (TPSA) is 461 Å². The van der Waals surface area contributed by atoms with Crippen LogP contribution < -0.4 is 63.8 Å². The Hall–Kier alpha value is -9.93. The summed E-state index contributed by atoms with van der Waals surface area (Å²) in [5, 5.41) is 32.3. The molecule has 0 bridgehead atoms. The van der Waals surface area contributed by atoms with Crippen LogP contribution in [-0.4, -0.2) is 239 Å². The first kappa shape index (κ1) is 114. The molecule has 33 nitrogen and oxygen atoms in total. The number of halogens is 3. The summed E-state index contributed by atoms with van der Waals surface area (Å²) in [5.74, 6) is -9.46. The molecule has 3 aliphatic heterocycles. The molecular formula is C103H162F3N15O18. The van der Waals surface area contributed by atoms with E-state index in [2.05, 4.69) is 111 Å². The van der Waals surface area contributed by atoms with E-state index < -0.39 is 196 Å². The van der Waals surface area contributed by atoms with Crippen molar-refractivity contribution < 1.29 is 99.5 Å². The summed E-state index contributed by atoms with van der Waals surface area (Å²) in [7, 11) is 0. The first-order valence-corrected chi connectivity index (χ1v) is 50.8. The van der Waals surface area contributed by atoms with Gasteiger partial charge in [0.25, 0.3) is 17.7 Å². The predicted octanol–water partition coefficient (Wildman–Crippen LogP) is 10.2. The van der Waals surface area contributed by atoms with Crippen LogP contribution in [0.3, 0.4) is 0 Å². The minimum atomic E-state index is -4.65. The maximum Gasteiger partial charge on any atom is 0.389 e. The van der Waals surface area contributed by atoms with Crippen molar-refractivity contribution in [3.63, 3.8) is 0 Å². The Morgan fingerprint density at radius 3 is 0.914 bits per heavy atom. The molecule has 7 aliphatic carbocycles. The van der Waals surface area contributed by atoms with E-state index in [-0.39, 0.29) is 138 Å². The van der Waals surface area contributed by atoms with Gasteiger partial charge < -0.3 is 78.5 Å². The second-order valence-electron chi connectivity index (χ2n) is 45.9. The molecule has 3 unspecified atom stereocenters. The third kappa shape index (κ3) is 29.0.